The van der Waals surface area contributed by atoms with Gasteiger partial charge in [-0.2, -0.15) is 0 Å². The first-order valence-electron chi connectivity index (χ1n) is 5.42. The van der Waals surface area contributed by atoms with Gasteiger partial charge in [0, 0.05) is 0 Å². The highest BCUT2D eigenvalue weighted by Crippen LogP contribution is 2.35. The van der Waals surface area contributed by atoms with E-state index in [1.54, 1.807) is 12.1 Å². The highest BCUT2D eigenvalue weighted by Gasteiger charge is 2.17. The third kappa shape index (κ3) is 1.60. The van der Waals surface area contributed by atoms with E-state index < -0.39 is 4.92 Å². The minimum absolute atomic E-state index is 0.0279. The van der Waals surface area contributed by atoms with Crippen molar-refractivity contribution in [3.8, 4) is 0 Å². The Morgan fingerprint density at radius 3 is 2.28 bits per heavy atom. The molecule has 0 aliphatic carbocycles. The van der Waals surface area contributed by atoms with Gasteiger partial charge in [-0.25, -0.2) is 0 Å². The maximum Gasteiger partial charge on any atom is 0.295 e. The molecule has 0 atom stereocenters. The summed E-state index contributed by atoms with van der Waals surface area (Å²) < 4.78 is 0. The summed E-state index contributed by atoms with van der Waals surface area (Å²) in [5.74, 6) is 0. The summed E-state index contributed by atoms with van der Waals surface area (Å²) in [5.41, 5.74) is -0.0279. The molecule has 0 saturated heterocycles. The molecule has 0 heterocycles. The number of hydrogen-bond acceptors (Lipinski definition) is 2. The first-order valence-corrected chi connectivity index (χ1v) is 5.80. The monoisotopic (exact) mass is 257 g/mol. The number of benzene rings is 3. The summed E-state index contributed by atoms with van der Waals surface area (Å²) >= 11 is 5.91. The SMILES string of the molecule is O=[N+]([O-])c1c(Cl)ccc2cc3ccccc3cc12. The molecule has 0 amide bonds. The highest BCUT2D eigenvalue weighted by atomic mass is 35.5. The Kier molecular flexibility index (Phi) is 2.42. The molecule has 3 aromatic rings. The van der Waals surface area contributed by atoms with E-state index in [0.29, 0.717) is 5.39 Å². The van der Waals surface area contributed by atoms with Crippen molar-refractivity contribution >= 4 is 38.8 Å². The molecule has 0 N–H and O–H groups in total. The van der Waals surface area contributed by atoms with E-state index in [4.69, 9.17) is 11.6 Å². The van der Waals surface area contributed by atoms with Crippen molar-refractivity contribution in [1.29, 1.82) is 0 Å². The fourth-order valence-corrected chi connectivity index (χ4v) is 2.39. The van der Waals surface area contributed by atoms with E-state index in [1.165, 1.54) is 0 Å². The van der Waals surface area contributed by atoms with Gasteiger partial charge in [-0.1, -0.05) is 41.9 Å². The van der Waals surface area contributed by atoms with Crippen LogP contribution in [0.4, 0.5) is 5.69 Å². The molecule has 4 heteroatoms. The first-order chi connectivity index (χ1) is 8.66. The molecule has 0 bridgehead atoms. The minimum atomic E-state index is -0.431. The van der Waals surface area contributed by atoms with Gasteiger partial charge in [0.25, 0.3) is 5.69 Å². The zero-order valence-corrected chi connectivity index (χ0v) is 10.0. The average molecular weight is 258 g/mol. The minimum Gasteiger partial charge on any atom is -0.258 e. The first kappa shape index (κ1) is 11.0. The third-order valence-corrected chi connectivity index (χ3v) is 3.30. The molecule has 3 nitrogen and oxygen atoms in total. The van der Waals surface area contributed by atoms with Crippen LogP contribution < -0.4 is 0 Å². The van der Waals surface area contributed by atoms with Crippen molar-refractivity contribution in [2.24, 2.45) is 0 Å². The summed E-state index contributed by atoms with van der Waals surface area (Å²) in [6.45, 7) is 0. The molecule has 0 saturated carbocycles. The Balaban J connectivity index is 2.50. The number of nitrogens with zero attached hydrogens (tertiary/aromatic N) is 1. The lowest BCUT2D eigenvalue weighted by Crippen LogP contribution is -1.91. The van der Waals surface area contributed by atoms with E-state index in [9.17, 15) is 10.1 Å². The van der Waals surface area contributed by atoms with Gasteiger partial charge in [0.1, 0.15) is 5.02 Å². The maximum absolute atomic E-state index is 11.1. The number of nitro benzene ring substituents is 1. The van der Waals surface area contributed by atoms with E-state index >= 15 is 0 Å². The fourth-order valence-electron chi connectivity index (χ4n) is 2.16. The van der Waals surface area contributed by atoms with E-state index in [-0.39, 0.29) is 10.7 Å². The van der Waals surface area contributed by atoms with E-state index in [1.807, 2.05) is 36.4 Å². The number of nitro groups is 1. The highest BCUT2D eigenvalue weighted by molar-refractivity contribution is 6.34. The molecule has 3 aromatic carbocycles. The van der Waals surface area contributed by atoms with Crippen LogP contribution >= 0.6 is 11.6 Å². The van der Waals surface area contributed by atoms with Gasteiger partial charge in [0.15, 0.2) is 0 Å². The maximum atomic E-state index is 11.1. The second-order valence-corrected chi connectivity index (χ2v) is 4.48. The second kappa shape index (κ2) is 3.96. The van der Waals surface area contributed by atoms with Crippen molar-refractivity contribution in [3.63, 3.8) is 0 Å². The van der Waals surface area contributed by atoms with Crippen molar-refractivity contribution < 1.29 is 4.92 Å². The zero-order valence-electron chi connectivity index (χ0n) is 9.26. The Labute approximate surface area is 108 Å². The van der Waals surface area contributed by atoms with Gasteiger partial charge in [-0.15, -0.1) is 0 Å². The van der Waals surface area contributed by atoms with Gasteiger partial charge >= 0.3 is 0 Å². The largest absolute Gasteiger partial charge is 0.295 e. The topological polar surface area (TPSA) is 43.1 Å². The number of fused-ring (bicyclic) bond motifs is 2. The predicted molar refractivity (Wildman–Crippen MR) is 73.1 cm³/mol. The van der Waals surface area contributed by atoms with Crippen LogP contribution in [0.2, 0.25) is 5.02 Å². The van der Waals surface area contributed by atoms with Crippen LogP contribution in [0.25, 0.3) is 21.5 Å². The predicted octanol–water partition coefficient (Wildman–Crippen LogP) is 4.55. The van der Waals surface area contributed by atoms with Crippen LogP contribution in [-0.2, 0) is 0 Å². The van der Waals surface area contributed by atoms with Crippen LogP contribution in [0.15, 0.2) is 48.5 Å². The summed E-state index contributed by atoms with van der Waals surface area (Å²) in [6.07, 6.45) is 0. The van der Waals surface area contributed by atoms with Gasteiger partial charge in [0.2, 0.25) is 0 Å². The molecule has 18 heavy (non-hydrogen) atoms. The van der Waals surface area contributed by atoms with Crippen LogP contribution in [0.3, 0.4) is 0 Å². The molecule has 3 rings (SSSR count). The molecule has 0 fully saturated rings. The zero-order chi connectivity index (χ0) is 12.7. The molecular weight excluding hydrogens is 250 g/mol. The molecule has 0 radical (unpaired) electrons. The van der Waals surface area contributed by atoms with Crippen LogP contribution in [-0.4, -0.2) is 4.92 Å². The summed E-state index contributed by atoms with van der Waals surface area (Å²) in [4.78, 5) is 10.7. The van der Waals surface area contributed by atoms with Crippen molar-refractivity contribution in [2.75, 3.05) is 0 Å². The summed E-state index contributed by atoms with van der Waals surface area (Å²) in [5, 5.41) is 14.7. The van der Waals surface area contributed by atoms with Gasteiger partial charge in [-0.05, 0) is 34.4 Å². The smallest absolute Gasteiger partial charge is 0.258 e. The number of rotatable bonds is 1. The van der Waals surface area contributed by atoms with Crippen LogP contribution in [0.5, 0.6) is 0 Å². The van der Waals surface area contributed by atoms with Crippen molar-refractivity contribution in [1.82, 2.24) is 0 Å². The van der Waals surface area contributed by atoms with Gasteiger partial charge in [0.05, 0.1) is 10.3 Å². The lowest BCUT2D eigenvalue weighted by Gasteiger charge is -2.04. The molecule has 0 aromatic heterocycles. The number of hydrogen-bond donors (Lipinski definition) is 0. The van der Waals surface area contributed by atoms with Gasteiger partial charge in [-0.3, -0.25) is 10.1 Å². The van der Waals surface area contributed by atoms with E-state index in [2.05, 4.69) is 0 Å². The standard InChI is InChI=1S/C14H8ClNO2/c15-13-6-5-11-7-9-3-1-2-4-10(9)8-12(11)14(13)16(17)18/h1-8H. The Bertz CT molecular complexity index is 783. The average Bonchev–Trinajstić information content (AvgIpc) is 2.36. The summed E-state index contributed by atoms with van der Waals surface area (Å²) in [7, 11) is 0. The quantitative estimate of drug-likeness (QED) is 0.364. The Morgan fingerprint density at radius 1 is 0.944 bits per heavy atom. The van der Waals surface area contributed by atoms with Crippen LogP contribution in [0, 0.1) is 10.1 Å². The summed E-state index contributed by atoms with van der Waals surface area (Å²) in [6, 6.07) is 14.9. The third-order valence-electron chi connectivity index (χ3n) is 2.99. The molecule has 0 aliphatic rings. The Morgan fingerprint density at radius 2 is 1.61 bits per heavy atom. The molecule has 0 aliphatic heterocycles. The van der Waals surface area contributed by atoms with Crippen LogP contribution in [0.1, 0.15) is 0 Å². The second-order valence-electron chi connectivity index (χ2n) is 4.07. The normalized spacial score (nSPS) is 10.9. The van der Waals surface area contributed by atoms with Gasteiger partial charge < -0.3 is 0 Å². The molecular formula is C14H8ClNO2. The number of halogens is 1. The molecule has 0 spiro atoms. The lowest BCUT2D eigenvalue weighted by atomic mass is 10.0. The fraction of sp³-hybridized carbons (Fsp3) is 0. The van der Waals surface area contributed by atoms with Crippen molar-refractivity contribution in [2.45, 2.75) is 0 Å². The molecule has 0 unspecified atom stereocenters. The molecule has 88 valence electrons. The Hall–Kier alpha value is -2.13. The van der Waals surface area contributed by atoms with E-state index in [0.717, 1.165) is 16.2 Å². The lowest BCUT2D eigenvalue weighted by molar-refractivity contribution is -0.382. The van der Waals surface area contributed by atoms with Crippen molar-refractivity contribution in [3.05, 3.63) is 63.7 Å².